The van der Waals surface area contributed by atoms with Crippen molar-refractivity contribution in [2.24, 2.45) is 0 Å². The number of piperidine rings is 2. The second kappa shape index (κ2) is 7.10. The van der Waals surface area contributed by atoms with Crippen LogP contribution in [0.25, 0.3) is 0 Å². The number of carbonyl (C=O) groups excluding carboxylic acids is 1. The fourth-order valence-electron chi connectivity index (χ4n) is 2.94. The maximum Gasteiger partial charge on any atom is 0.237 e. The third-order valence-electron chi connectivity index (χ3n) is 4.21. The second-order valence-corrected chi connectivity index (χ2v) is 5.69. The fraction of sp³-hybridized carbons (Fsp3) is 0.929. The van der Waals surface area contributed by atoms with Gasteiger partial charge in [-0.1, -0.05) is 12.8 Å². The summed E-state index contributed by atoms with van der Waals surface area (Å²) in [5.41, 5.74) is 0. The smallest absolute Gasteiger partial charge is 0.237 e. The Kier molecular flexibility index (Phi) is 5.45. The number of likely N-dealkylation sites (tertiary alicyclic amines) is 1. The van der Waals surface area contributed by atoms with Crippen LogP contribution in [0.15, 0.2) is 0 Å². The number of carbonyl (C=O) groups is 1. The molecule has 2 saturated heterocycles. The molecular weight excluding hydrogens is 226 g/mol. The first-order valence-electron chi connectivity index (χ1n) is 7.52. The molecule has 2 rings (SSSR count). The molecule has 0 radical (unpaired) electrons. The van der Waals surface area contributed by atoms with Crippen molar-refractivity contribution in [2.75, 3.05) is 26.2 Å². The Balaban J connectivity index is 1.67. The summed E-state index contributed by atoms with van der Waals surface area (Å²) in [7, 11) is 0. The normalized spacial score (nSPS) is 27.7. The predicted octanol–water partition coefficient (Wildman–Crippen LogP) is 1.12. The molecule has 0 aromatic carbocycles. The zero-order valence-electron chi connectivity index (χ0n) is 11.6. The summed E-state index contributed by atoms with van der Waals surface area (Å²) in [6, 6.07) is 0.519. The van der Waals surface area contributed by atoms with E-state index in [0.29, 0.717) is 6.04 Å². The van der Waals surface area contributed by atoms with Gasteiger partial charge in [-0.05, 0) is 52.2 Å². The van der Waals surface area contributed by atoms with Crippen LogP contribution in [0.5, 0.6) is 0 Å². The molecule has 0 aliphatic carbocycles. The molecule has 1 unspecified atom stereocenters. The number of amides is 1. The van der Waals surface area contributed by atoms with Gasteiger partial charge in [-0.15, -0.1) is 0 Å². The lowest BCUT2D eigenvalue weighted by Crippen LogP contribution is -2.50. The van der Waals surface area contributed by atoms with Gasteiger partial charge in [-0.3, -0.25) is 9.69 Å². The van der Waals surface area contributed by atoms with Crippen molar-refractivity contribution in [3.8, 4) is 0 Å². The zero-order valence-corrected chi connectivity index (χ0v) is 11.6. The molecule has 0 spiro atoms. The van der Waals surface area contributed by atoms with E-state index in [1.54, 1.807) is 0 Å². The van der Waals surface area contributed by atoms with Gasteiger partial charge >= 0.3 is 0 Å². The quantitative estimate of drug-likeness (QED) is 0.789. The Hall–Kier alpha value is -0.610. The maximum atomic E-state index is 12.0. The molecule has 0 aromatic rings. The fourth-order valence-corrected chi connectivity index (χ4v) is 2.94. The van der Waals surface area contributed by atoms with E-state index in [0.717, 1.165) is 19.5 Å². The van der Waals surface area contributed by atoms with E-state index >= 15 is 0 Å². The Morgan fingerprint density at radius 3 is 2.72 bits per heavy atom. The third kappa shape index (κ3) is 3.95. The average Bonchev–Trinajstić information content (AvgIpc) is 2.46. The van der Waals surface area contributed by atoms with E-state index in [9.17, 15) is 4.79 Å². The molecule has 4 nitrogen and oxygen atoms in total. The molecule has 2 atom stereocenters. The molecule has 1 amide bonds. The number of rotatable bonds is 4. The summed E-state index contributed by atoms with van der Waals surface area (Å²) < 4.78 is 0. The van der Waals surface area contributed by atoms with Gasteiger partial charge in [0.15, 0.2) is 0 Å². The molecule has 2 aliphatic rings. The largest absolute Gasteiger partial charge is 0.353 e. The van der Waals surface area contributed by atoms with E-state index in [4.69, 9.17) is 0 Å². The Morgan fingerprint density at radius 2 is 2.06 bits per heavy atom. The molecule has 0 aromatic heterocycles. The predicted molar refractivity (Wildman–Crippen MR) is 73.5 cm³/mol. The van der Waals surface area contributed by atoms with Crippen LogP contribution in [0.4, 0.5) is 0 Å². The number of nitrogens with zero attached hydrogens (tertiary/aromatic N) is 1. The van der Waals surface area contributed by atoms with Crippen molar-refractivity contribution in [1.82, 2.24) is 15.5 Å². The zero-order chi connectivity index (χ0) is 12.8. The molecule has 2 heterocycles. The van der Waals surface area contributed by atoms with E-state index in [1.165, 1.54) is 45.2 Å². The molecule has 2 fully saturated rings. The van der Waals surface area contributed by atoms with E-state index in [2.05, 4.69) is 22.5 Å². The van der Waals surface area contributed by atoms with E-state index in [1.807, 2.05) is 0 Å². The summed E-state index contributed by atoms with van der Waals surface area (Å²) in [4.78, 5) is 14.5. The molecular formula is C14H27N3O. The van der Waals surface area contributed by atoms with E-state index < -0.39 is 0 Å². The van der Waals surface area contributed by atoms with Gasteiger partial charge < -0.3 is 10.6 Å². The lowest BCUT2D eigenvalue weighted by molar-refractivity contribution is -0.123. The molecule has 0 saturated carbocycles. The topological polar surface area (TPSA) is 44.4 Å². The summed E-state index contributed by atoms with van der Waals surface area (Å²) in [6.07, 6.45) is 7.34. The van der Waals surface area contributed by atoms with Gasteiger partial charge in [0.1, 0.15) is 0 Å². The van der Waals surface area contributed by atoms with Crippen molar-refractivity contribution in [3.63, 3.8) is 0 Å². The standard InChI is InChI=1S/C14H27N3O/c1-12(17-9-5-2-6-10-17)11-16-14(18)13-7-3-4-8-15-13/h12-13,15H,2-11H2,1H3,(H,16,18)/t12?,13-/m0/s1. The number of hydrogen-bond donors (Lipinski definition) is 2. The van der Waals surface area contributed by atoms with Gasteiger partial charge in [0, 0.05) is 12.6 Å². The second-order valence-electron chi connectivity index (χ2n) is 5.69. The van der Waals surface area contributed by atoms with Gasteiger partial charge in [0.05, 0.1) is 6.04 Å². The molecule has 2 aliphatic heterocycles. The van der Waals surface area contributed by atoms with Crippen LogP contribution >= 0.6 is 0 Å². The minimum absolute atomic E-state index is 0.0484. The summed E-state index contributed by atoms with van der Waals surface area (Å²) in [5, 5.41) is 6.40. The Labute approximate surface area is 110 Å². The van der Waals surface area contributed by atoms with Crippen molar-refractivity contribution in [1.29, 1.82) is 0 Å². The Morgan fingerprint density at radius 1 is 1.28 bits per heavy atom. The van der Waals surface area contributed by atoms with Gasteiger partial charge in [0.25, 0.3) is 0 Å². The first kappa shape index (κ1) is 13.8. The summed E-state index contributed by atoms with van der Waals surface area (Å²) in [6.45, 7) is 6.38. The van der Waals surface area contributed by atoms with Crippen molar-refractivity contribution in [2.45, 2.75) is 57.5 Å². The number of nitrogens with one attached hydrogen (secondary N) is 2. The minimum atomic E-state index is 0.0484. The van der Waals surface area contributed by atoms with Gasteiger partial charge in [0.2, 0.25) is 5.91 Å². The molecule has 104 valence electrons. The molecule has 0 bridgehead atoms. The van der Waals surface area contributed by atoms with Crippen molar-refractivity contribution in [3.05, 3.63) is 0 Å². The molecule has 4 heteroatoms. The first-order valence-corrected chi connectivity index (χ1v) is 7.52. The summed E-state index contributed by atoms with van der Waals surface area (Å²) in [5.74, 6) is 0.193. The van der Waals surface area contributed by atoms with Gasteiger partial charge in [-0.25, -0.2) is 0 Å². The number of hydrogen-bond acceptors (Lipinski definition) is 3. The van der Waals surface area contributed by atoms with Crippen LogP contribution in [0.3, 0.4) is 0 Å². The highest BCUT2D eigenvalue weighted by atomic mass is 16.2. The third-order valence-corrected chi connectivity index (χ3v) is 4.21. The monoisotopic (exact) mass is 253 g/mol. The van der Waals surface area contributed by atoms with Crippen LogP contribution < -0.4 is 10.6 Å². The van der Waals surface area contributed by atoms with Crippen LogP contribution in [0.2, 0.25) is 0 Å². The maximum absolute atomic E-state index is 12.0. The minimum Gasteiger partial charge on any atom is -0.353 e. The van der Waals surface area contributed by atoms with E-state index in [-0.39, 0.29) is 11.9 Å². The Bertz CT molecular complexity index is 258. The average molecular weight is 253 g/mol. The SMILES string of the molecule is CC(CNC(=O)[C@@H]1CCCCN1)N1CCCCC1. The molecule has 2 N–H and O–H groups in total. The van der Waals surface area contributed by atoms with Crippen molar-refractivity contribution < 1.29 is 4.79 Å². The highest BCUT2D eigenvalue weighted by Gasteiger charge is 2.22. The van der Waals surface area contributed by atoms with Crippen LogP contribution in [0, 0.1) is 0 Å². The van der Waals surface area contributed by atoms with Crippen LogP contribution in [-0.2, 0) is 4.79 Å². The first-order chi connectivity index (χ1) is 8.77. The highest BCUT2D eigenvalue weighted by Crippen LogP contribution is 2.12. The van der Waals surface area contributed by atoms with Crippen molar-refractivity contribution >= 4 is 5.91 Å². The highest BCUT2D eigenvalue weighted by molar-refractivity contribution is 5.81. The van der Waals surface area contributed by atoms with Crippen LogP contribution in [-0.4, -0.2) is 49.1 Å². The lowest BCUT2D eigenvalue weighted by Gasteiger charge is -2.33. The molecule has 18 heavy (non-hydrogen) atoms. The summed E-state index contributed by atoms with van der Waals surface area (Å²) >= 11 is 0. The van der Waals surface area contributed by atoms with Gasteiger partial charge in [-0.2, -0.15) is 0 Å². The lowest BCUT2D eigenvalue weighted by atomic mass is 10.0. The van der Waals surface area contributed by atoms with Crippen LogP contribution in [0.1, 0.15) is 45.4 Å².